The Morgan fingerprint density at radius 3 is 2.41 bits per heavy atom. The van der Waals surface area contributed by atoms with Gasteiger partial charge in [-0.2, -0.15) is 0 Å². The number of carbonyl (C=O) groups excluding carboxylic acids is 1. The lowest BCUT2D eigenvalue weighted by Gasteiger charge is -2.35. The molecular formula is C17H33N3O2. The fourth-order valence-electron chi connectivity index (χ4n) is 2.89. The molecule has 1 atom stereocenters. The summed E-state index contributed by atoms with van der Waals surface area (Å²) in [7, 11) is 0. The largest absolute Gasteiger partial charge is 0.444 e. The van der Waals surface area contributed by atoms with E-state index in [0.29, 0.717) is 6.04 Å². The van der Waals surface area contributed by atoms with Crippen molar-refractivity contribution in [2.45, 2.75) is 58.6 Å². The van der Waals surface area contributed by atoms with Crippen molar-refractivity contribution in [1.29, 1.82) is 0 Å². The third kappa shape index (κ3) is 6.53. The predicted octanol–water partition coefficient (Wildman–Crippen LogP) is 2.32. The molecule has 0 bridgehead atoms. The maximum atomic E-state index is 12.0. The van der Waals surface area contributed by atoms with Gasteiger partial charge in [-0.3, -0.25) is 4.90 Å². The molecule has 5 heteroatoms. The van der Waals surface area contributed by atoms with Crippen molar-refractivity contribution in [2.24, 2.45) is 5.92 Å². The van der Waals surface area contributed by atoms with Crippen LogP contribution < -0.4 is 5.32 Å². The van der Waals surface area contributed by atoms with E-state index in [1.54, 1.807) is 0 Å². The zero-order valence-corrected chi connectivity index (χ0v) is 14.7. The first-order valence-electron chi connectivity index (χ1n) is 8.77. The average molecular weight is 311 g/mol. The van der Waals surface area contributed by atoms with E-state index in [0.717, 1.165) is 45.2 Å². The Morgan fingerprint density at radius 2 is 1.86 bits per heavy atom. The number of rotatable bonds is 6. The Bertz CT molecular complexity index is 355. The minimum absolute atomic E-state index is 0.177. The molecule has 0 spiro atoms. The second kappa shape index (κ2) is 7.64. The van der Waals surface area contributed by atoms with Crippen molar-refractivity contribution in [3.05, 3.63) is 0 Å². The van der Waals surface area contributed by atoms with Gasteiger partial charge in [0.05, 0.1) is 0 Å². The monoisotopic (exact) mass is 311 g/mol. The highest BCUT2D eigenvalue weighted by atomic mass is 16.6. The Hall–Kier alpha value is -0.810. The molecule has 1 unspecified atom stereocenters. The highest BCUT2D eigenvalue weighted by Crippen LogP contribution is 2.33. The van der Waals surface area contributed by atoms with Crippen LogP contribution in [0, 0.1) is 5.92 Å². The second-order valence-corrected chi connectivity index (χ2v) is 7.84. The SMILES string of the molecule is CC(CC1CC1)NCCN1CCN(C(=O)OC(C)(C)C)CC1. The molecule has 1 saturated carbocycles. The summed E-state index contributed by atoms with van der Waals surface area (Å²) in [6.45, 7) is 13.6. The highest BCUT2D eigenvalue weighted by Gasteiger charge is 2.26. The predicted molar refractivity (Wildman–Crippen MR) is 89.1 cm³/mol. The molecule has 1 aliphatic heterocycles. The molecule has 2 aliphatic rings. The molecule has 1 heterocycles. The van der Waals surface area contributed by atoms with Crippen LogP contribution in [-0.2, 0) is 4.74 Å². The maximum absolute atomic E-state index is 12.0. The van der Waals surface area contributed by atoms with Crippen LogP contribution in [0.4, 0.5) is 4.79 Å². The van der Waals surface area contributed by atoms with E-state index in [2.05, 4.69) is 17.1 Å². The molecule has 1 saturated heterocycles. The minimum atomic E-state index is -0.407. The van der Waals surface area contributed by atoms with E-state index in [-0.39, 0.29) is 6.09 Å². The summed E-state index contributed by atoms with van der Waals surface area (Å²) in [5, 5.41) is 3.62. The van der Waals surface area contributed by atoms with E-state index < -0.39 is 5.60 Å². The van der Waals surface area contributed by atoms with Crippen LogP contribution >= 0.6 is 0 Å². The van der Waals surface area contributed by atoms with Gasteiger partial charge in [-0.25, -0.2) is 4.79 Å². The Kier molecular flexibility index (Phi) is 6.09. The molecule has 0 radical (unpaired) electrons. The fourth-order valence-corrected chi connectivity index (χ4v) is 2.89. The Labute approximate surface area is 135 Å². The van der Waals surface area contributed by atoms with Gasteiger partial charge in [0.15, 0.2) is 0 Å². The molecule has 5 nitrogen and oxygen atoms in total. The summed E-state index contributed by atoms with van der Waals surface area (Å²) in [6.07, 6.45) is 4.01. The molecule has 0 aromatic rings. The zero-order chi connectivity index (χ0) is 16.2. The maximum Gasteiger partial charge on any atom is 0.410 e. The van der Waals surface area contributed by atoms with E-state index >= 15 is 0 Å². The molecular weight excluding hydrogens is 278 g/mol. The number of piperazine rings is 1. The fraction of sp³-hybridized carbons (Fsp3) is 0.941. The molecule has 1 amide bonds. The van der Waals surface area contributed by atoms with E-state index in [1.165, 1.54) is 19.3 Å². The summed E-state index contributed by atoms with van der Waals surface area (Å²) >= 11 is 0. The van der Waals surface area contributed by atoms with Gasteiger partial charge in [-0.1, -0.05) is 12.8 Å². The van der Waals surface area contributed by atoms with Gasteiger partial charge in [-0.05, 0) is 40.0 Å². The number of amides is 1. The summed E-state index contributed by atoms with van der Waals surface area (Å²) in [5.41, 5.74) is -0.407. The molecule has 2 rings (SSSR count). The number of nitrogens with zero attached hydrogens (tertiary/aromatic N) is 2. The molecule has 0 aromatic carbocycles. The van der Waals surface area contributed by atoms with Crippen molar-refractivity contribution >= 4 is 6.09 Å². The third-order valence-electron chi connectivity index (χ3n) is 4.33. The van der Waals surface area contributed by atoms with Crippen LogP contribution in [0.5, 0.6) is 0 Å². The quantitative estimate of drug-likeness (QED) is 0.817. The first-order valence-corrected chi connectivity index (χ1v) is 8.77. The van der Waals surface area contributed by atoms with Gasteiger partial charge < -0.3 is 15.0 Å². The topological polar surface area (TPSA) is 44.8 Å². The molecule has 1 N–H and O–H groups in total. The van der Waals surface area contributed by atoms with Crippen molar-refractivity contribution in [3.63, 3.8) is 0 Å². The van der Waals surface area contributed by atoms with Crippen molar-refractivity contribution in [2.75, 3.05) is 39.3 Å². The number of hydrogen-bond acceptors (Lipinski definition) is 4. The number of nitrogens with one attached hydrogen (secondary N) is 1. The lowest BCUT2D eigenvalue weighted by molar-refractivity contribution is 0.0146. The van der Waals surface area contributed by atoms with Gasteiger partial charge in [0.25, 0.3) is 0 Å². The first kappa shape index (κ1) is 17.5. The molecule has 2 fully saturated rings. The summed E-state index contributed by atoms with van der Waals surface area (Å²) < 4.78 is 5.42. The average Bonchev–Trinajstić information content (AvgIpc) is 3.21. The lowest BCUT2D eigenvalue weighted by Crippen LogP contribution is -2.51. The second-order valence-electron chi connectivity index (χ2n) is 7.84. The number of carbonyl (C=O) groups is 1. The standard InChI is InChI=1S/C17H33N3O2/c1-14(13-15-5-6-15)18-7-8-19-9-11-20(12-10-19)16(21)22-17(2,3)4/h14-15,18H,5-13H2,1-4H3. The van der Waals surface area contributed by atoms with Gasteiger partial charge in [0.1, 0.15) is 5.60 Å². The third-order valence-corrected chi connectivity index (χ3v) is 4.33. The molecule has 22 heavy (non-hydrogen) atoms. The van der Waals surface area contributed by atoms with Gasteiger partial charge in [-0.15, -0.1) is 0 Å². The van der Waals surface area contributed by atoms with Crippen LogP contribution in [0.2, 0.25) is 0 Å². The normalized spacial score (nSPS) is 21.7. The molecule has 1 aliphatic carbocycles. The van der Waals surface area contributed by atoms with Gasteiger partial charge in [0, 0.05) is 45.3 Å². The van der Waals surface area contributed by atoms with Gasteiger partial charge in [0.2, 0.25) is 0 Å². The van der Waals surface area contributed by atoms with Crippen LogP contribution in [0.15, 0.2) is 0 Å². The minimum Gasteiger partial charge on any atom is -0.444 e. The summed E-state index contributed by atoms with van der Waals surface area (Å²) in [5.74, 6) is 0.986. The highest BCUT2D eigenvalue weighted by molar-refractivity contribution is 5.68. The zero-order valence-electron chi connectivity index (χ0n) is 14.7. The smallest absolute Gasteiger partial charge is 0.410 e. The van der Waals surface area contributed by atoms with E-state index in [4.69, 9.17) is 4.74 Å². The van der Waals surface area contributed by atoms with Crippen LogP contribution in [0.25, 0.3) is 0 Å². The van der Waals surface area contributed by atoms with Crippen molar-refractivity contribution < 1.29 is 9.53 Å². The van der Waals surface area contributed by atoms with Crippen LogP contribution in [0.3, 0.4) is 0 Å². The Morgan fingerprint density at radius 1 is 1.23 bits per heavy atom. The van der Waals surface area contributed by atoms with Crippen LogP contribution in [0.1, 0.15) is 47.0 Å². The number of hydrogen-bond donors (Lipinski definition) is 1. The van der Waals surface area contributed by atoms with Crippen LogP contribution in [-0.4, -0.2) is 66.8 Å². The first-order chi connectivity index (χ1) is 10.3. The number of ether oxygens (including phenoxy) is 1. The lowest BCUT2D eigenvalue weighted by atomic mass is 10.1. The van der Waals surface area contributed by atoms with E-state index in [9.17, 15) is 4.79 Å². The van der Waals surface area contributed by atoms with Gasteiger partial charge >= 0.3 is 6.09 Å². The summed E-state index contributed by atoms with van der Waals surface area (Å²) in [6, 6.07) is 0.635. The summed E-state index contributed by atoms with van der Waals surface area (Å²) in [4.78, 5) is 16.3. The van der Waals surface area contributed by atoms with Crippen molar-refractivity contribution in [3.8, 4) is 0 Å². The van der Waals surface area contributed by atoms with Crippen molar-refractivity contribution in [1.82, 2.24) is 15.1 Å². The molecule has 0 aromatic heterocycles. The molecule has 128 valence electrons. The Balaban J connectivity index is 1.57. The van der Waals surface area contributed by atoms with E-state index in [1.807, 2.05) is 25.7 Å².